The lowest BCUT2D eigenvalue weighted by atomic mass is 9.99. The number of halogens is 2. The Labute approximate surface area is 93.7 Å². The lowest BCUT2D eigenvalue weighted by Crippen LogP contribution is -2.55. The summed E-state index contributed by atoms with van der Waals surface area (Å²) in [6.07, 6.45) is -2.65. The number of rotatable bonds is 7. The van der Waals surface area contributed by atoms with Crippen LogP contribution in [0.1, 0.15) is 13.3 Å². The second-order valence-electron chi connectivity index (χ2n) is 3.63. The van der Waals surface area contributed by atoms with E-state index in [-0.39, 0.29) is 19.5 Å². The van der Waals surface area contributed by atoms with Crippen LogP contribution in [0.15, 0.2) is 0 Å². The van der Waals surface area contributed by atoms with Crippen LogP contribution in [0, 0.1) is 0 Å². The van der Waals surface area contributed by atoms with E-state index in [0.717, 1.165) is 0 Å². The molecule has 0 fully saturated rings. The highest BCUT2D eigenvalue weighted by Gasteiger charge is 2.35. The molecule has 0 aliphatic carbocycles. The first-order valence-electron chi connectivity index (χ1n) is 4.99. The van der Waals surface area contributed by atoms with Crippen LogP contribution in [0.5, 0.6) is 0 Å². The molecule has 5 nitrogen and oxygen atoms in total. The van der Waals surface area contributed by atoms with Gasteiger partial charge in [-0.1, -0.05) is 0 Å². The van der Waals surface area contributed by atoms with Crippen molar-refractivity contribution in [1.29, 1.82) is 0 Å². The van der Waals surface area contributed by atoms with Crippen molar-refractivity contribution in [1.82, 2.24) is 10.6 Å². The van der Waals surface area contributed by atoms with Crippen molar-refractivity contribution >= 4 is 6.03 Å². The van der Waals surface area contributed by atoms with Gasteiger partial charge >= 0.3 is 6.03 Å². The number of nitrogens with two attached hydrogens (primary N) is 1. The molecule has 1 unspecified atom stereocenters. The summed E-state index contributed by atoms with van der Waals surface area (Å²) in [6.45, 7) is 1.94. The van der Waals surface area contributed by atoms with Crippen LogP contribution in [0.4, 0.5) is 13.6 Å². The first kappa shape index (κ1) is 15.0. The van der Waals surface area contributed by atoms with E-state index in [1.165, 1.54) is 14.0 Å². The first-order valence-corrected chi connectivity index (χ1v) is 4.99. The van der Waals surface area contributed by atoms with Crippen LogP contribution in [0.25, 0.3) is 0 Å². The number of nitrogens with one attached hydrogen (secondary N) is 2. The third-order valence-corrected chi connectivity index (χ3v) is 2.14. The van der Waals surface area contributed by atoms with Gasteiger partial charge in [0.25, 0.3) is 6.43 Å². The van der Waals surface area contributed by atoms with Crippen LogP contribution in [0.3, 0.4) is 0 Å². The number of alkyl halides is 2. The van der Waals surface area contributed by atoms with Gasteiger partial charge in [0.15, 0.2) is 0 Å². The molecule has 0 heterocycles. The molecule has 0 bridgehead atoms. The molecule has 2 amide bonds. The van der Waals surface area contributed by atoms with Crippen molar-refractivity contribution in [3.63, 3.8) is 0 Å². The molecule has 0 aliphatic heterocycles. The standard InChI is InChI=1S/C9H19F2N3O2/c1-9(3-4-12,7(10)11)14-8(15)13-5-6-16-2/h7H,3-6,12H2,1-2H3,(H2,13,14,15). The second-order valence-corrected chi connectivity index (χ2v) is 3.63. The molecule has 0 spiro atoms. The van der Waals surface area contributed by atoms with E-state index in [9.17, 15) is 13.6 Å². The van der Waals surface area contributed by atoms with Gasteiger partial charge in [-0.15, -0.1) is 0 Å². The molecule has 0 aromatic rings. The zero-order valence-electron chi connectivity index (χ0n) is 9.56. The molecular weight excluding hydrogens is 220 g/mol. The minimum Gasteiger partial charge on any atom is -0.383 e. The van der Waals surface area contributed by atoms with Gasteiger partial charge in [-0.25, -0.2) is 13.6 Å². The predicted octanol–water partition coefficient (Wildman–Crippen LogP) is 0.305. The molecule has 7 heteroatoms. The average molecular weight is 239 g/mol. The summed E-state index contributed by atoms with van der Waals surface area (Å²) in [5.41, 5.74) is 3.63. The fourth-order valence-electron chi connectivity index (χ4n) is 1.10. The van der Waals surface area contributed by atoms with Crippen molar-refractivity contribution < 1.29 is 18.3 Å². The summed E-state index contributed by atoms with van der Waals surface area (Å²) in [7, 11) is 1.48. The van der Waals surface area contributed by atoms with E-state index in [1.54, 1.807) is 0 Å². The number of carbonyl (C=O) groups is 1. The molecule has 0 aromatic carbocycles. The van der Waals surface area contributed by atoms with Crippen LogP contribution in [-0.2, 0) is 4.74 Å². The highest BCUT2D eigenvalue weighted by molar-refractivity contribution is 5.74. The third kappa shape index (κ3) is 5.22. The van der Waals surface area contributed by atoms with E-state index in [0.29, 0.717) is 6.61 Å². The summed E-state index contributed by atoms with van der Waals surface area (Å²) in [5.74, 6) is 0. The number of methoxy groups -OCH3 is 1. The summed E-state index contributed by atoms with van der Waals surface area (Å²) in [4.78, 5) is 11.3. The van der Waals surface area contributed by atoms with E-state index in [1.807, 2.05) is 0 Å². The number of amides is 2. The van der Waals surface area contributed by atoms with E-state index in [2.05, 4.69) is 10.6 Å². The van der Waals surface area contributed by atoms with Crippen molar-refractivity contribution in [2.45, 2.75) is 25.3 Å². The molecular formula is C9H19F2N3O2. The maximum Gasteiger partial charge on any atom is 0.315 e. The topological polar surface area (TPSA) is 76.4 Å². The Bertz CT molecular complexity index is 217. The number of urea groups is 1. The SMILES string of the molecule is COCCNC(=O)NC(C)(CCN)C(F)F. The quantitative estimate of drug-likeness (QED) is 0.559. The minimum atomic E-state index is -2.66. The monoisotopic (exact) mass is 239 g/mol. The molecule has 96 valence electrons. The smallest absolute Gasteiger partial charge is 0.315 e. The van der Waals surface area contributed by atoms with Gasteiger partial charge in [0.05, 0.1) is 6.61 Å². The van der Waals surface area contributed by atoms with Gasteiger partial charge < -0.3 is 21.1 Å². The van der Waals surface area contributed by atoms with Gasteiger partial charge in [0.2, 0.25) is 0 Å². The van der Waals surface area contributed by atoms with E-state index < -0.39 is 18.0 Å². The highest BCUT2D eigenvalue weighted by Crippen LogP contribution is 2.18. The summed E-state index contributed by atoms with van der Waals surface area (Å²) < 4.78 is 30.1. The summed E-state index contributed by atoms with van der Waals surface area (Å²) in [6, 6.07) is -0.645. The average Bonchev–Trinajstić information content (AvgIpc) is 2.18. The Balaban J connectivity index is 4.13. The van der Waals surface area contributed by atoms with Crippen molar-refractivity contribution in [2.75, 3.05) is 26.8 Å². The Morgan fingerprint density at radius 2 is 2.19 bits per heavy atom. The fraction of sp³-hybridized carbons (Fsp3) is 0.889. The molecule has 4 N–H and O–H groups in total. The highest BCUT2D eigenvalue weighted by atomic mass is 19.3. The molecule has 0 saturated carbocycles. The maximum absolute atomic E-state index is 12.7. The summed E-state index contributed by atoms with van der Waals surface area (Å²) in [5, 5.41) is 4.62. The van der Waals surface area contributed by atoms with Gasteiger partial charge in [-0.3, -0.25) is 0 Å². The molecule has 0 aliphatic rings. The molecule has 0 saturated heterocycles. The Kier molecular flexibility index (Phi) is 6.91. The second kappa shape index (κ2) is 7.34. The Hall–Kier alpha value is -0.950. The van der Waals surface area contributed by atoms with Gasteiger partial charge in [-0.2, -0.15) is 0 Å². The van der Waals surface area contributed by atoms with Gasteiger partial charge in [0.1, 0.15) is 5.54 Å². The zero-order valence-corrected chi connectivity index (χ0v) is 9.56. The van der Waals surface area contributed by atoms with Crippen molar-refractivity contribution in [3.05, 3.63) is 0 Å². The number of hydrogen-bond acceptors (Lipinski definition) is 3. The predicted molar refractivity (Wildman–Crippen MR) is 56.5 cm³/mol. The Morgan fingerprint density at radius 3 is 2.62 bits per heavy atom. The van der Waals surface area contributed by atoms with E-state index >= 15 is 0 Å². The molecule has 16 heavy (non-hydrogen) atoms. The largest absolute Gasteiger partial charge is 0.383 e. The molecule has 0 radical (unpaired) electrons. The van der Waals surface area contributed by atoms with E-state index in [4.69, 9.17) is 10.5 Å². The van der Waals surface area contributed by atoms with Crippen LogP contribution < -0.4 is 16.4 Å². The zero-order chi connectivity index (χ0) is 12.6. The lowest BCUT2D eigenvalue weighted by molar-refractivity contribution is 0.0425. The lowest BCUT2D eigenvalue weighted by Gasteiger charge is -2.29. The molecule has 0 aromatic heterocycles. The third-order valence-electron chi connectivity index (χ3n) is 2.14. The first-order chi connectivity index (χ1) is 7.46. The number of carbonyl (C=O) groups excluding carboxylic acids is 1. The van der Waals surface area contributed by atoms with Crippen molar-refractivity contribution in [3.8, 4) is 0 Å². The van der Waals surface area contributed by atoms with Crippen LogP contribution >= 0.6 is 0 Å². The molecule has 0 rings (SSSR count). The normalized spacial score (nSPS) is 14.6. The van der Waals surface area contributed by atoms with Gasteiger partial charge in [0, 0.05) is 13.7 Å². The Morgan fingerprint density at radius 1 is 1.56 bits per heavy atom. The van der Waals surface area contributed by atoms with Crippen LogP contribution in [0.2, 0.25) is 0 Å². The van der Waals surface area contributed by atoms with Gasteiger partial charge in [-0.05, 0) is 19.9 Å². The fourth-order valence-corrected chi connectivity index (χ4v) is 1.10. The number of hydrogen-bond donors (Lipinski definition) is 3. The van der Waals surface area contributed by atoms with Crippen LogP contribution in [-0.4, -0.2) is 44.8 Å². The minimum absolute atomic E-state index is 0.0162. The maximum atomic E-state index is 12.7. The number of ether oxygens (including phenoxy) is 1. The molecule has 1 atom stereocenters. The van der Waals surface area contributed by atoms with Crippen molar-refractivity contribution in [2.24, 2.45) is 5.73 Å². The summed E-state index contributed by atoms with van der Waals surface area (Å²) >= 11 is 0.